The fourth-order valence-electron chi connectivity index (χ4n) is 2.62. The fourth-order valence-corrected chi connectivity index (χ4v) is 2.62. The molecule has 0 radical (unpaired) electrons. The monoisotopic (exact) mass is 304 g/mol. The van der Waals surface area contributed by atoms with E-state index in [-0.39, 0.29) is 0 Å². The van der Waals surface area contributed by atoms with E-state index < -0.39 is 0 Å². The van der Waals surface area contributed by atoms with E-state index in [1.807, 2.05) is 0 Å². The highest BCUT2D eigenvalue weighted by molar-refractivity contribution is 7.74. The first-order valence-corrected chi connectivity index (χ1v) is 9.51. The maximum Gasteiger partial charge on any atom is -0.0295 e. The molecular weight excluding hydrogens is 264 g/mol. The molecule has 2 heteroatoms. The van der Waals surface area contributed by atoms with Crippen molar-refractivity contribution in [1.29, 1.82) is 0 Å². The summed E-state index contributed by atoms with van der Waals surface area (Å²) in [5, 5.41) is 0. The van der Waals surface area contributed by atoms with Gasteiger partial charge in [-0.15, -0.1) is 0 Å². The number of hydrogen-bond donors (Lipinski definition) is 2. The van der Waals surface area contributed by atoms with Crippen LogP contribution in [0, 0.1) is 0 Å². The summed E-state index contributed by atoms with van der Waals surface area (Å²) >= 11 is 2.53. The molecule has 0 amide bonds. The minimum atomic E-state index is 1.37. The molecule has 0 bridgehead atoms. The van der Waals surface area contributed by atoms with Crippen LogP contribution >= 0.6 is 12.9 Å². The Kier molecular flexibility index (Phi) is 27.5. The van der Waals surface area contributed by atoms with Crippen molar-refractivity contribution in [3.8, 4) is 0 Å². The third kappa shape index (κ3) is 23.4. The summed E-state index contributed by atoms with van der Waals surface area (Å²) in [7, 11) is 0. The van der Waals surface area contributed by atoms with E-state index in [2.05, 4.69) is 26.8 Å². The van der Waals surface area contributed by atoms with Gasteiger partial charge in [0.15, 0.2) is 0 Å². The summed E-state index contributed by atoms with van der Waals surface area (Å²) in [6, 6.07) is 0. The second-order valence-electron chi connectivity index (χ2n) is 5.95. The van der Waals surface area contributed by atoms with E-state index >= 15 is 0 Å². The van der Waals surface area contributed by atoms with Gasteiger partial charge in [-0.05, 0) is 12.9 Å². The molecule has 0 rings (SSSR count). The summed E-state index contributed by atoms with van der Waals surface area (Å²) in [5.41, 5.74) is 0. The smallest absolute Gasteiger partial charge is 0.0295 e. The van der Waals surface area contributed by atoms with Crippen LogP contribution in [0.4, 0.5) is 0 Å². The van der Waals surface area contributed by atoms with Crippen LogP contribution in [-0.2, 0) is 0 Å². The lowest BCUT2D eigenvalue weighted by Gasteiger charge is -2.03. The van der Waals surface area contributed by atoms with Gasteiger partial charge in [-0.2, -0.15) is 0 Å². The molecule has 0 atom stereocenters. The van der Waals surface area contributed by atoms with Crippen molar-refractivity contribution < 1.29 is 4.55 Å². The first kappa shape index (κ1) is 22.6. The minimum Gasteiger partial charge on any atom is -0.333 e. The Morgan fingerprint density at radius 2 is 0.550 bits per heavy atom. The van der Waals surface area contributed by atoms with Crippen LogP contribution in [0.5, 0.6) is 0 Å². The van der Waals surface area contributed by atoms with Crippen LogP contribution in [-0.4, -0.2) is 4.55 Å². The molecule has 0 saturated heterocycles. The lowest BCUT2D eigenvalue weighted by molar-refractivity contribution is 0.531. The molecule has 0 aromatic carbocycles. The lowest BCUT2D eigenvalue weighted by Crippen LogP contribution is -1.83. The van der Waals surface area contributed by atoms with Crippen molar-refractivity contribution in [2.45, 2.75) is 117 Å². The first-order chi connectivity index (χ1) is 9.91. The second-order valence-corrected chi connectivity index (χ2v) is 5.95. The van der Waals surface area contributed by atoms with Crippen molar-refractivity contribution in [2.24, 2.45) is 0 Å². The number of thiol groups is 1. The zero-order valence-corrected chi connectivity index (χ0v) is 15.1. The Balaban J connectivity index is 0. The van der Waals surface area contributed by atoms with Crippen LogP contribution in [0.15, 0.2) is 0 Å². The number of hydrogen-bond acceptors (Lipinski definition) is 2. The molecule has 124 valence electrons. The van der Waals surface area contributed by atoms with E-state index in [1.165, 1.54) is 103 Å². The normalized spacial score (nSPS) is 10.2. The summed E-state index contributed by atoms with van der Waals surface area (Å²) in [6.07, 6.45) is 23.4. The zero-order chi connectivity index (χ0) is 15.3. The van der Waals surface area contributed by atoms with Crippen LogP contribution < -0.4 is 0 Å². The van der Waals surface area contributed by atoms with Crippen molar-refractivity contribution in [3.05, 3.63) is 0 Å². The van der Waals surface area contributed by atoms with Gasteiger partial charge in [0.05, 0.1) is 0 Å². The third-order valence-electron chi connectivity index (χ3n) is 3.96. The maximum atomic E-state index is 6.69. The van der Waals surface area contributed by atoms with Gasteiger partial charge >= 0.3 is 0 Å². The highest BCUT2D eigenvalue weighted by Crippen LogP contribution is 2.13. The van der Waals surface area contributed by atoms with Crippen molar-refractivity contribution >= 4 is 12.9 Å². The largest absolute Gasteiger partial charge is 0.333 e. The Hall–Kier alpha value is 0.310. The maximum absolute atomic E-state index is 6.69. The fraction of sp³-hybridized carbons (Fsp3) is 1.00. The highest BCUT2D eigenvalue weighted by atomic mass is 32.1. The molecule has 0 spiro atoms. The Bertz CT molecular complexity index is 123. The molecule has 0 aliphatic rings. The van der Waals surface area contributed by atoms with Gasteiger partial charge in [0.2, 0.25) is 0 Å². The molecular formula is C18H40OS. The SMILES string of the molecule is CCCCCCCCCCCCCCCCCC.OS. The van der Waals surface area contributed by atoms with Gasteiger partial charge in [0.1, 0.15) is 0 Å². The molecule has 0 fully saturated rings. The predicted octanol–water partition coefficient (Wildman–Crippen LogP) is 7.66. The molecule has 0 heterocycles. The molecule has 0 aliphatic heterocycles. The molecule has 20 heavy (non-hydrogen) atoms. The molecule has 0 aromatic rings. The average molecular weight is 305 g/mol. The Labute approximate surface area is 134 Å². The van der Waals surface area contributed by atoms with E-state index in [0.717, 1.165) is 0 Å². The predicted molar refractivity (Wildman–Crippen MR) is 96.8 cm³/mol. The van der Waals surface area contributed by atoms with Gasteiger partial charge in [0.25, 0.3) is 0 Å². The van der Waals surface area contributed by atoms with Gasteiger partial charge in [-0.1, -0.05) is 117 Å². The van der Waals surface area contributed by atoms with E-state index in [1.54, 1.807) is 0 Å². The summed E-state index contributed by atoms with van der Waals surface area (Å²) in [6.45, 7) is 4.59. The van der Waals surface area contributed by atoms with Crippen LogP contribution in [0.25, 0.3) is 0 Å². The minimum absolute atomic E-state index is 1.37. The van der Waals surface area contributed by atoms with Crippen LogP contribution in [0.2, 0.25) is 0 Å². The average Bonchev–Trinajstić information content (AvgIpc) is 2.50. The Morgan fingerprint density at radius 1 is 0.400 bits per heavy atom. The molecule has 1 nitrogen and oxygen atoms in total. The van der Waals surface area contributed by atoms with Crippen LogP contribution in [0.1, 0.15) is 117 Å². The van der Waals surface area contributed by atoms with Gasteiger partial charge in [-0.3, -0.25) is 0 Å². The van der Waals surface area contributed by atoms with E-state index in [4.69, 9.17) is 4.55 Å². The van der Waals surface area contributed by atoms with Gasteiger partial charge in [-0.25, -0.2) is 0 Å². The van der Waals surface area contributed by atoms with Crippen LogP contribution in [0.3, 0.4) is 0 Å². The number of rotatable bonds is 15. The standard InChI is InChI=1S/C18H38.H2OS/c1-3-5-7-9-11-13-15-17-18-16-14-12-10-8-6-4-2;1-2/h3-18H2,1-2H3;1-2H. The molecule has 0 saturated carbocycles. The summed E-state index contributed by atoms with van der Waals surface area (Å²) in [5.74, 6) is 0. The molecule has 0 unspecified atom stereocenters. The van der Waals surface area contributed by atoms with Gasteiger partial charge < -0.3 is 4.55 Å². The second kappa shape index (κ2) is 24.3. The quantitative estimate of drug-likeness (QED) is 0.181. The summed E-state index contributed by atoms with van der Waals surface area (Å²) in [4.78, 5) is 0. The molecule has 0 aromatic heterocycles. The van der Waals surface area contributed by atoms with Crippen molar-refractivity contribution in [2.75, 3.05) is 0 Å². The zero-order valence-electron chi connectivity index (χ0n) is 14.2. The topological polar surface area (TPSA) is 20.2 Å². The molecule has 1 N–H and O–H groups in total. The lowest BCUT2D eigenvalue weighted by atomic mass is 10.0. The number of unbranched alkanes of at least 4 members (excludes halogenated alkanes) is 15. The molecule has 0 aliphatic carbocycles. The Morgan fingerprint density at radius 3 is 0.700 bits per heavy atom. The van der Waals surface area contributed by atoms with Crippen molar-refractivity contribution in [1.82, 2.24) is 0 Å². The third-order valence-corrected chi connectivity index (χ3v) is 3.96. The van der Waals surface area contributed by atoms with Gasteiger partial charge in [0, 0.05) is 0 Å². The van der Waals surface area contributed by atoms with Crippen molar-refractivity contribution in [3.63, 3.8) is 0 Å². The van der Waals surface area contributed by atoms with E-state index in [9.17, 15) is 0 Å². The van der Waals surface area contributed by atoms with E-state index in [0.29, 0.717) is 0 Å². The first-order valence-electron chi connectivity index (χ1n) is 9.11. The highest BCUT2D eigenvalue weighted by Gasteiger charge is 1.93. The summed E-state index contributed by atoms with van der Waals surface area (Å²) < 4.78 is 6.69.